The van der Waals surface area contributed by atoms with E-state index in [0.717, 1.165) is 18.6 Å². The van der Waals surface area contributed by atoms with Crippen molar-refractivity contribution in [3.63, 3.8) is 0 Å². The van der Waals surface area contributed by atoms with E-state index in [1.54, 1.807) is 6.08 Å². The van der Waals surface area contributed by atoms with Crippen LogP contribution in [-0.2, 0) is 4.43 Å². The molecule has 0 amide bonds. The third-order valence-electron chi connectivity index (χ3n) is 1.54. The monoisotopic (exact) mass is 210 g/mol. The minimum absolute atomic E-state index is 0.922. The van der Waals surface area contributed by atoms with Crippen LogP contribution in [0.15, 0.2) is 36.6 Å². The summed E-state index contributed by atoms with van der Waals surface area (Å²) < 4.78 is 5.82. The van der Waals surface area contributed by atoms with Gasteiger partial charge in [0.25, 0.3) is 0 Å². The van der Waals surface area contributed by atoms with Gasteiger partial charge < -0.3 is 4.43 Å². The van der Waals surface area contributed by atoms with Crippen molar-refractivity contribution in [2.24, 2.45) is 0 Å². The van der Waals surface area contributed by atoms with E-state index >= 15 is 0 Å². The molecule has 0 fully saturated rings. The van der Waals surface area contributed by atoms with Crippen LogP contribution in [0.1, 0.15) is 19.8 Å². The Labute approximate surface area is 89.3 Å². The quantitative estimate of drug-likeness (QED) is 0.275. The van der Waals surface area contributed by atoms with E-state index in [2.05, 4.69) is 38.9 Å². The average Bonchev–Trinajstić information content (AvgIpc) is 1.99. The molecule has 0 aromatic carbocycles. The maximum atomic E-state index is 5.82. The SMILES string of the molecule is C=C/C(=C\CCC(=C)C)O[Si](C)(C)C. The Bertz CT molecular complexity index is 233. The molecule has 0 aliphatic heterocycles. The van der Waals surface area contributed by atoms with Crippen LogP contribution in [0.3, 0.4) is 0 Å². The third-order valence-corrected chi connectivity index (χ3v) is 2.39. The van der Waals surface area contributed by atoms with Crippen LogP contribution in [0.2, 0.25) is 19.6 Å². The molecule has 0 unspecified atom stereocenters. The van der Waals surface area contributed by atoms with Gasteiger partial charge in [-0.05, 0) is 51.6 Å². The summed E-state index contributed by atoms with van der Waals surface area (Å²) in [6.07, 6.45) is 5.89. The largest absolute Gasteiger partial charge is 0.545 e. The van der Waals surface area contributed by atoms with Crippen molar-refractivity contribution in [2.75, 3.05) is 0 Å². The molecular formula is C12H22OSi. The van der Waals surface area contributed by atoms with E-state index in [1.807, 2.05) is 6.92 Å². The molecule has 0 bridgehead atoms. The summed E-state index contributed by atoms with van der Waals surface area (Å²) in [4.78, 5) is 0. The van der Waals surface area contributed by atoms with Gasteiger partial charge in [0.05, 0.1) is 5.76 Å². The van der Waals surface area contributed by atoms with Gasteiger partial charge in [-0.2, -0.15) is 0 Å². The lowest BCUT2D eigenvalue weighted by molar-refractivity contribution is 0.439. The van der Waals surface area contributed by atoms with Gasteiger partial charge in [0, 0.05) is 0 Å². The highest BCUT2D eigenvalue weighted by Gasteiger charge is 2.15. The second kappa shape index (κ2) is 5.86. The molecule has 1 nitrogen and oxygen atoms in total. The predicted molar refractivity (Wildman–Crippen MR) is 66.8 cm³/mol. The molecule has 0 aliphatic carbocycles. The van der Waals surface area contributed by atoms with Gasteiger partial charge in [0.1, 0.15) is 0 Å². The molecule has 2 heteroatoms. The summed E-state index contributed by atoms with van der Waals surface area (Å²) in [5.41, 5.74) is 1.21. The normalized spacial score (nSPS) is 12.4. The lowest BCUT2D eigenvalue weighted by atomic mass is 10.2. The van der Waals surface area contributed by atoms with Crippen molar-refractivity contribution < 1.29 is 4.43 Å². The minimum Gasteiger partial charge on any atom is -0.545 e. The van der Waals surface area contributed by atoms with Crippen molar-refractivity contribution in [2.45, 2.75) is 39.4 Å². The summed E-state index contributed by atoms with van der Waals surface area (Å²) in [5, 5.41) is 0. The fourth-order valence-corrected chi connectivity index (χ4v) is 1.85. The molecule has 14 heavy (non-hydrogen) atoms. The van der Waals surface area contributed by atoms with E-state index in [1.165, 1.54) is 5.57 Å². The molecule has 0 saturated heterocycles. The molecular weight excluding hydrogens is 188 g/mol. The second-order valence-corrected chi connectivity index (χ2v) is 8.95. The van der Waals surface area contributed by atoms with Gasteiger partial charge in [-0.25, -0.2) is 0 Å². The molecule has 80 valence electrons. The molecule has 0 aliphatic rings. The summed E-state index contributed by atoms with van der Waals surface area (Å²) in [6.45, 7) is 16.2. The number of hydrogen-bond acceptors (Lipinski definition) is 1. The molecule has 0 N–H and O–H groups in total. The van der Waals surface area contributed by atoms with Crippen molar-refractivity contribution in [3.8, 4) is 0 Å². The Morgan fingerprint density at radius 1 is 1.36 bits per heavy atom. The van der Waals surface area contributed by atoms with Crippen LogP contribution >= 0.6 is 0 Å². The average molecular weight is 210 g/mol. The number of hydrogen-bond donors (Lipinski definition) is 0. The van der Waals surface area contributed by atoms with E-state index in [9.17, 15) is 0 Å². The maximum Gasteiger partial charge on any atom is 0.242 e. The zero-order valence-electron chi connectivity index (χ0n) is 9.89. The maximum absolute atomic E-state index is 5.82. The van der Waals surface area contributed by atoms with E-state index in [0.29, 0.717) is 0 Å². The lowest BCUT2D eigenvalue weighted by Crippen LogP contribution is -2.24. The van der Waals surface area contributed by atoms with Gasteiger partial charge in [-0.3, -0.25) is 0 Å². The molecule has 0 aromatic heterocycles. The summed E-state index contributed by atoms with van der Waals surface area (Å²) >= 11 is 0. The zero-order chi connectivity index (χ0) is 11.2. The molecule has 0 radical (unpaired) electrons. The van der Waals surface area contributed by atoms with Crippen molar-refractivity contribution in [3.05, 3.63) is 36.6 Å². The summed E-state index contributed by atoms with van der Waals surface area (Å²) in [7, 11) is -1.48. The van der Waals surface area contributed by atoms with Crippen molar-refractivity contribution in [1.29, 1.82) is 0 Å². The first-order valence-electron chi connectivity index (χ1n) is 5.01. The summed E-state index contributed by atoms with van der Waals surface area (Å²) in [6, 6.07) is 0. The highest BCUT2D eigenvalue weighted by Crippen LogP contribution is 2.13. The van der Waals surface area contributed by atoms with Crippen molar-refractivity contribution >= 4 is 8.32 Å². The summed E-state index contributed by atoms with van der Waals surface area (Å²) in [5.74, 6) is 0.922. The van der Waals surface area contributed by atoms with Gasteiger partial charge in [-0.15, -0.1) is 6.58 Å². The fourth-order valence-electron chi connectivity index (χ4n) is 0.981. The number of allylic oxidation sites excluding steroid dienone is 3. The standard InChI is InChI=1S/C12H22OSi/c1-7-12(13-14(4,5)6)10-8-9-11(2)3/h7,10H,1-2,8-9H2,3-6H3/b12-10+. The molecule has 0 rings (SSSR count). The Hall–Kier alpha value is -0.763. The smallest absolute Gasteiger partial charge is 0.242 e. The Kier molecular flexibility index (Phi) is 5.54. The lowest BCUT2D eigenvalue weighted by Gasteiger charge is -2.19. The van der Waals surface area contributed by atoms with Gasteiger partial charge in [-0.1, -0.05) is 12.2 Å². The zero-order valence-corrected chi connectivity index (χ0v) is 10.9. The minimum atomic E-state index is -1.48. The first-order chi connectivity index (χ1) is 6.35. The van der Waals surface area contributed by atoms with Crippen molar-refractivity contribution in [1.82, 2.24) is 0 Å². The van der Waals surface area contributed by atoms with E-state index in [-0.39, 0.29) is 0 Å². The topological polar surface area (TPSA) is 9.23 Å². The predicted octanol–water partition coefficient (Wildman–Crippen LogP) is 4.26. The van der Waals surface area contributed by atoms with E-state index < -0.39 is 8.32 Å². The molecule has 0 spiro atoms. The van der Waals surface area contributed by atoms with Crippen LogP contribution in [0.25, 0.3) is 0 Å². The van der Waals surface area contributed by atoms with E-state index in [4.69, 9.17) is 4.43 Å². The first kappa shape index (κ1) is 13.2. The van der Waals surface area contributed by atoms with Crippen LogP contribution < -0.4 is 0 Å². The third kappa shape index (κ3) is 7.86. The van der Waals surface area contributed by atoms with Gasteiger partial charge in [0.15, 0.2) is 0 Å². The molecule has 0 heterocycles. The Morgan fingerprint density at radius 2 is 1.93 bits per heavy atom. The molecule has 0 aromatic rings. The molecule has 0 atom stereocenters. The van der Waals surface area contributed by atoms with Crippen LogP contribution in [0.5, 0.6) is 0 Å². The highest BCUT2D eigenvalue weighted by atomic mass is 28.4. The Morgan fingerprint density at radius 3 is 2.29 bits per heavy atom. The number of rotatable bonds is 6. The Balaban J connectivity index is 4.13. The van der Waals surface area contributed by atoms with Gasteiger partial charge in [0.2, 0.25) is 8.32 Å². The van der Waals surface area contributed by atoms with Crippen LogP contribution in [-0.4, -0.2) is 8.32 Å². The van der Waals surface area contributed by atoms with Crippen LogP contribution in [0.4, 0.5) is 0 Å². The first-order valence-corrected chi connectivity index (χ1v) is 8.42. The highest BCUT2D eigenvalue weighted by molar-refractivity contribution is 6.70. The van der Waals surface area contributed by atoms with Gasteiger partial charge >= 0.3 is 0 Å². The fraction of sp³-hybridized carbons (Fsp3) is 0.500. The molecule has 0 saturated carbocycles. The second-order valence-electron chi connectivity index (χ2n) is 4.52. The van der Waals surface area contributed by atoms with Crippen LogP contribution in [0, 0.1) is 0 Å².